The van der Waals surface area contributed by atoms with Crippen molar-refractivity contribution in [1.82, 2.24) is 14.9 Å². The lowest BCUT2D eigenvalue weighted by Crippen LogP contribution is -2.34. The van der Waals surface area contributed by atoms with E-state index >= 15 is 0 Å². The van der Waals surface area contributed by atoms with Gasteiger partial charge in [0.1, 0.15) is 17.9 Å². The summed E-state index contributed by atoms with van der Waals surface area (Å²) in [6.07, 6.45) is 1.17. The molecule has 140 valence electrons. The summed E-state index contributed by atoms with van der Waals surface area (Å²) in [6.45, 7) is 0.834. The van der Waals surface area contributed by atoms with Crippen LogP contribution < -0.4 is 16.6 Å². The highest BCUT2D eigenvalue weighted by atomic mass is 16.5. The number of nitrogens with zero attached hydrogens (tertiary/aromatic N) is 1. The van der Waals surface area contributed by atoms with Crippen LogP contribution in [0.5, 0.6) is 0 Å². The average molecular weight is 371 g/mol. The van der Waals surface area contributed by atoms with Crippen LogP contribution in [0.25, 0.3) is 11.0 Å². The van der Waals surface area contributed by atoms with E-state index in [0.717, 1.165) is 16.0 Å². The molecule has 2 aromatic heterocycles. The van der Waals surface area contributed by atoms with Crippen molar-refractivity contribution in [3.05, 3.63) is 69.2 Å². The van der Waals surface area contributed by atoms with Gasteiger partial charge in [-0.1, -0.05) is 18.2 Å². The number of aromatic amines is 1. The molecule has 1 amide bonds. The van der Waals surface area contributed by atoms with E-state index < -0.39 is 42.3 Å². The van der Waals surface area contributed by atoms with E-state index in [1.165, 1.54) is 6.20 Å². The molecule has 27 heavy (non-hydrogen) atoms. The molecule has 2 N–H and O–H groups in total. The molecule has 0 aliphatic heterocycles. The van der Waals surface area contributed by atoms with Gasteiger partial charge in [-0.05, 0) is 19.1 Å². The Bertz CT molecular complexity index is 1060. The van der Waals surface area contributed by atoms with Gasteiger partial charge in [-0.25, -0.2) is 4.79 Å². The first-order chi connectivity index (χ1) is 12.9. The van der Waals surface area contributed by atoms with Crippen LogP contribution in [0.2, 0.25) is 0 Å². The summed E-state index contributed by atoms with van der Waals surface area (Å²) in [5.41, 5.74) is -0.586. The summed E-state index contributed by atoms with van der Waals surface area (Å²) >= 11 is 0. The Morgan fingerprint density at radius 1 is 1.26 bits per heavy atom. The Kier molecular flexibility index (Phi) is 5.20. The van der Waals surface area contributed by atoms with Crippen LogP contribution in [0.4, 0.5) is 0 Å². The third kappa shape index (κ3) is 4.51. The Morgan fingerprint density at radius 2 is 2.04 bits per heavy atom. The van der Waals surface area contributed by atoms with Crippen LogP contribution in [0, 0.1) is 0 Å². The van der Waals surface area contributed by atoms with Gasteiger partial charge in [-0.15, -0.1) is 0 Å². The van der Waals surface area contributed by atoms with Crippen LogP contribution >= 0.6 is 0 Å². The number of fused-ring (bicyclic) bond motifs is 1. The number of hydrogen-bond donors (Lipinski definition) is 2. The maximum Gasteiger partial charge on any atom is 0.328 e. The molecule has 1 aromatic carbocycles. The molecule has 0 radical (unpaired) electrons. The largest absolute Gasteiger partial charge is 0.459 e. The van der Waals surface area contributed by atoms with Crippen molar-refractivity contribution >= 4 is 22.8 Å². The van der Waals surface area contributed by atoms with E-state index in [-0.39, 0.29) is 0 Å². The molecule has 0 fully saturated rings. The lowest BCUT2D eigenvalue weighted by molar-refractivity contribution is -0.149. The molecule has 9 nitrogen and oxygen atoms in total. The number of aromatic nitrogens is 2. The average Bonchev–Trinajstić information content (AvgIpc) is 3.07. The van der Waals surface area contributed by atoms with Crippen molar-refractivity contribution in [1.29, 1.82) is 0 Å². The summed E-state index contributed by atoms with van der Waals surface area (Å²) in [6, 6.07) is 9.99. The lowest BCUT2D eigenvalue weighted by Gasteiger charge is -2.11. The maximum absolute atomic E-state index is 12.0. The van der Waals surface area contributed by atoms with Crippen LogP contribution in [-0.4, -0.2) is 28.0 Å². The number of esters is 1. The second-order valence-corrected chi connectivity index (χ2v) is 5.87. The Balaban J connectivity index is 1.52. The minimum atomic E-state index is -0.782. The van der Waals surface area contributed by atoms with E-state index in [9.17, 15) is 19.2 Å². The molecule has 0 spiro atoms. The zero-order chi connectivity index (χ0) is 19.4. The van der Waals surface area contributed by atoms with E-state index in [0.29, 0.717) is 11.3 Å². The van der Waals surface area contributed by atoms with Crippen molar-refractivity contribution in [2.24, 2.45) is 0 Å². The highest BCUT2D eigenvalue weighted by molar-refractivity contribution is 5.81. The molecule has 0 saturated carbocycles. The number of amides is 1. The number of carbonyl (C=O) groups excluding carboxylic acids is 2. The summed E-state index contributed by atoms with van der Waals surface area (Å²) in [5, 5.41) is 3.59. The number of hydrogen-bond acceptors (Lipinski definition) is 6. The quantitative estimate of drug-likeness (QED) is 0.615. The summed E-state index contributed by atoms with van der Waals surface area (Å²) < 4.78 is 11.5. The van der Waals surface area contributed by atoms with Gasteiger partial charge in [-0.2, -0.15) is 0 Å². The lowest BCUT2D eigenvalue weighted by atomic mass is 10.2. The molecule has 2 heterocycles. The third-order valence-corrected chi connectivity index (χ3v) is 3.81. The maximum atomic E-state index is 12.0. The molecule has 0 aliphatic rings. The standard InChI is InChI=1S/C18H17N3O6/c1-11(14-8-12-4-2-3-5-13(12)27-14)19-16(23)10-26-17(24)9-21-7-6-15(22)20-18(21)25/h2-8,11H,9-10H2,1H3,(H,19,23)(H,20,22,25)/t11-/m1/s1. The molecule has 0 saturated heterocycles. The van der Waals surface area contributed by atoms with E-state index in [1.807, 2.05) is 35.3 Å². The minimum absolute atomic E-state index is 0.412. The normalized spacial score (nSPS) is 11.9. The molecule has 0 bridgehead atoms. The van der Waals surface area contributed by atoms with Crippen molar-refractivity contribution in [2.75, 3.05) is 6.61 Å². The number of benzene rings is 1. The highest BCUT2D eigenvalue weighted by Crippen LogP contribution is 2.23. The minimum Gasteiger partial charge on any atom is -0.459 e. The first kappa shape index (κ1) is 18.2. The smallest absolute Gasteiger partial charge is 0.328 e. The predicted octanol–water partition coefficient (Wildman–Crippen LogP) is 0.703. The summed E-state index contributed by atoms with van der Waals surface area (Å²) in [7, 11) is 0. The molecule has 0 unspecified atom stereocenters. The van der Waals surface area contributed by atoms with Gasteiger partial charge < -0.3 is 14.5 Å². The van der Waals surface area contributed by atoms with Crippen molar-refractivity contribution in [2.45, 2.75) is 19.5 Å². The van der Waals surface area contributed by atoms with Crippen LogP contribution in [0.15, 0.2) is 56.6 Å². The van der Waals surface area contributed by atoms with Crippen molar-refractivity contribution in [3.63, 3.8) is 0 Å². The van der Waals surface area contributed by atoms with Crippen LogP contribution in [-0.2, 0) is 20.9 Å². The Morgan fingerprint density at radius 3 is 2.78 bits per heavy atom. The summed E-state index contributed by atoms with van der Waals surface area (Å²) in [5.74, 6) is -0.712. The van der Waals surface area contributed by atoms with Gasteiger partial charge >= 0.3 is 11.7 Å². The van der Waals surface area contributed by atoms with Crippen LogP contribution in [0.1, 0.15) is 18.7 Å². The van der Waals surface area contributed by atoms with E-state index in [2.05, 4.69) is 5.32 Å². The number of rotatable bonds is 6. The highest BCUT2D eigenvalue weighted by Gasteiger charge is 2.15. The Labute approximate surface area is 152 Å². The zero-order valence-corrected chi connectivity index (χ0v) is 14.4. The zero-order valence-electron chi connectivity index (χ0n) is 14.4. The van der Waals surface area contributed by atoms with Crippen LogP contribution in [0.3, 0.4) is 0 Å². The third-order valence-electron chi connectivity index (χ3n) is 3.81. The van der Waals surface area contributed by atoms with E-state index in [4.69, 9.17) is 9.15 Å². The molecule has 9 heteroatoms. The fraction of sp³-hybridized carbons (Fsp3) is 0.222. The number of furan rings is 1. The van der Waals surface area contributed by atoms with Gasteiger partial charge in [0.05, 0.1) is 6.04 Å². The molecule has 0 aliphatic carbocycles. The van der Waals surface area contributed by atoms with Crippen molar-refractivity contribution < 1.29 is 18.7 Å². The van der Waals surface area contributed by atoms with Gasteiger partial charge in [0.15, 0.2) is 6.61 Å². The predicted molar refractivity (Wildman–Crippen MR) is 95.1 cm³/mol. The summed E-state index contributed by atoms with van der Waals surface area (Å²) in [4.78, 5) is 48.2. The first-order valence-electron chi connectivity index (χ1n) is 8.15. The van der Waals surface area contributed by atoms with Gasteiger partial charge in [0, 0.05) is 17.6 Å². The molecule has 3 aromatic rings. The second-order valence-electron chi connectivity index (χ2n) is 5.87. The van der Waals surface area contributed by atoms with Gasteiger partial charge in [0.25, 0.3) is 11.5 Å². The molecular weight excluding hydrogens is 354 g/mol. The number of carbonyl (C=O) groups is 2. The Hall–Kier alpha value is -3.62. The van der Waals surface area contributed by atoms with E-state index in [1.54, 1.807) is 6.92 Å². The molecule has 3 rings (SSSR count). The topological polar surface area (TPSA) is 123 Å². The van der Waals surface area contributed by atoms with Gasteiger partial charge in [0.2, 0.25) is 0 Å². The molecule has 1 atom stereocenters. The fourth-order valence-electron chi connectivity index (χ4n) is 2.47. The van der Waals surface area contributed by atoms with Crippen molar-refractivity contribution in [3.8, 4) is 0 Å². The molecular formula is C18H17N3O6. The monoisotopic (exact) mass is 371 g/mol. The number of H-pyrrole nitrogens is 1. The fourth-order valence-corrected chi connectivity index (χ4v) is 2.47. The van der Waals surface area contributed by atoms with Gasteiger partial charge in [-0.3, -0.25) is 23.9 Å². The first-order valence-corrected chi connectivity index (χ1v) is 8.15. The second kappa shape index (κ2) is 7.73. The number of nitrogens with one attached hydrogen (secondary N) is 2. The number of para-hydroxylation sites is 1. The SMILES string of the molecule is C[C@@H](NC(=O)COC(=O)Cn1ccc(=O)[nH]c1=O)c1cc2ccccc2o1. The number of ether oxygens (including phenoxy) is 1.